The van der Waals surface area contributed by atoms with Crippen molar-refractivity contribution < 1.29 is 13.6 Å². The molecule has 21 heavy (non-hydrogen) atoms. The summed E-state index contributed by atoms with van der Waals surface area (Å²) in [4.78, 5) is 13.3. The molecule has 0 saturated carbocycles. The van der Waals surface area contributed by atoms with Crippen LogP contribution >= 0.6 is 0 Å². The predicted molar refractivity (Wildman–Crippen MR) is 79.1 cm³/mol. The van der Waals surface area contributed by atoms with E-state index in [0.717, 1.165) is 11.3 Å². The first-order chi connectivity index (χ1) is 9.97. The molecule has 5 heteroatoms. The quantitative estimate of drug-likeness (QED) is 0.921. The molecule has 0 radical (unpaired) electrons. The molecule has 2 aromatic rings. The van der Waals surface area contributed by atoms with Crippen LogP contribution < -0.4 is 5.32 Å². The smallest absolute Gasteiger partial charge is 0.238 e. The first-order valence-electron chi connectivity index (χ1n) is 6.76. The van der Waals surface area contributed by atoms with Crippen LogP contribution in [0.3, 0.4) is 0 Å². The first-order valence-corrected chi connectivity index (χ1v) is 6.76. The number of nitrogens with zero attached hydrogens (tertiary/aromatic N) is 1. The van der Waals surface area contributed by atoms with Gasteiger partial charge in [0.2, 0.25) is 5.91 Å². The lowest BCUT2D eigenvalue weighted by Gasteiger charge is -2.17. The summed E-state index contributed by atoms with van der Waals surface area (Å²) in [6.45, 7) is 2.27. The zero-order valence-electron chi connectivity index (χ0n) is 12.4. The fraction of sp³-hybridized carbons (Fsp3) is 0.312. The van der Waals surface area contributed by atoms with Gasteiger partial charge >= 0.3 is 0 Å². The van der Waals surface area contributed by atoms with E-state index in [2.05, 4.69) is 5.32 Å². The highest BCUT2D eigenvalue weighted by Crippen LogP contribution is 2.22. The van der Waals surface area contributed by atoms with E-state index in [0.29, 0.717) is 12.3 Å². The van der Waals surface area contributed by atoms with E-state index < -0.39 is 0 Å². The standard InChI is InChI=1S/C16H19FN2O2/c1-11(16(20)19(2)3)18-10-14-8-9-15(21-14)12-4-6-13(17)7-5-12/h4-9,11,18H,10H2,1-3H3. The lowest BCUT2D eigenvalue weighted by atomic mass is 10.2. The monoisotopic (exact) mass is 290 g/mol. The molecule has 1 aromatic carbocycles. The summed E-state index contributed by atoms with van der Waals surface area (Å²) in [5.41, 5.74) is 0.820. The largest absolute Gasteiger partial charge is 0.460 e. The highest BCUT2D eigenvalue weighted by Gasteiger charge is 2.14. The Labute approximate surface area is 123 Å². The van der Waals surface area contributed by atoms with Gasteiger partial charge < -0.3 is 9.32 Å². The van der Waals surface area contributed by atoms with Crippen LogP contribution in [0.2, 0.25) is 0 Å². The van der Waals surface area contributed by atoms with Gasteiger partial charge in [-0.25, -0.2) is 4.39 Å². The lowest BCUT2D eigenvalue weighted by molar-refractivity contribution is -0.130. The van der Waals surface area contributed by atoms with Crippen molar-refractivity contribution in [2.45, 2.75) is 19.5 Å². The number of amides is 1. The zero-order chi connectivity index (χ0) is 15.4. The molecular formula is C16H19FN2O2. The minimum absolute atomic E-state index is 0.0142. The highest BCUT2D eigenvalue weighted by atomic mass is 19.1. The molecule has 2 rings (SSSR count). The Morgan fingerprint density at radius 3 is 2.52 bits per heavy atom. The summed E-state index contributed by atoms with van der Waals surface area (Å²) in [7, 11) is 3.44. The van der Waals surface area contributed by atoms with Gasteiger partial charge in [0.25, 0.3) is 0 Å². The van der Waals surface area contributed by atoms with Gasteiger partial charge in [-0.1, -0.05) is 0 Å². The Bertz CT molecular complexity index is 605. The Morgan fingerprint density at radius 2 is 1.90 bits per heavy atom. The van der Waals surface area contributed by atoms with Crippen LogP contribution in [0, 0.1) is 5.82 Å². The van der Waals surface area contributed by atoms with E-state index in [4.69, 9.17) is 4.42 Å². The zero-order valence-corrected chi connectivity index (χ0v) is 12.4. The average Bonchev–Trinajstić information content (AvgIpc) is 2.93. The van der Waals surface area contributed by atoms with Gasteiger partial charge in [0, 0.05) is 19.7 Å². The van der Waals surface area contributed by atoms with Gasteiger partial charge in [-0.3, -0.25) is 10.1 Å². The molecule has 0 bridgehead atoms. The molecule has 1 amide bonds. The lowest BCUT2D eigenvalue weighted by Crippen LogP contribution is -2.41. The Kier molecular flexibility index (Phi) is 4.75. The number of hydrogen-bond donors (Lipinski definition) is 1. The van der Waals surface area contributed by atoms with E-state index >= 15 is 0 Å². The minimum atomic E-state index is -0.278. The number of halogens is 1. The minimum Gasteiger partial charge on any atom is -0.460 e. The van der Waals surface area contributed by atoms with E-state index in [9.17, 15) is 9.18 Å². The van der Waals surface area contributed by atoms with Crippen LogP contribution in [0.15, 0.2) is 40.8 Å². The second-order valence-corrected chi connectivity index (χ2v) is 5.11. The molecule has 112 valence electrons. The Hall–Kier alpha value is -2.14. The third-order valence-corrected chi connectivity index (χ3v) is 3.18. The topological polar surface area (TPSA) is 45.5 Å². The van der Waals surface area contributed by atoms with Crippen LogP contribution in [0.5, 0.6) is 0 Å². The van der Waals surface area contributed by atoms with Crippen LogP contribution in [-0.2, 0) is 11.3 Å². The maximum absolute atomic E-state index is 12.9. The number of nitrogens with one attached hydrogen (secondary N) is 1. The van der Waals surface area contributed by atoms with Crippen molar-refractivity contribution in [3.05, 3.63) is 48.0 Å². The van der Waals surface area contributed by atoms with Gasteiger partial charge in [-0.15, -0.1) is 0 Å². The van der Waals surface area contributed by atoms with E-state index in [1.165, 1.54) is 12.1 Å². The molecule has 0 aliphatic carbocycles. The SMILES string of the molecule is CC(NCc1ccc(-c2ccc(F)cc2)o1)C(=O)N(C)C. The molecule has 4 nitrogen and oxygen atoms in total. The van der Waals surface area contributed by atoms with Crippen LogP contribution in [-0.4, -0.2) is 30.9 Å². The summed E-state index contributed by atoms with van der Waals surface area (Å²) in [6, 6.07) is 9.54. The number of benzene rings is 1. The van der Waals surface area contributed by atoms with Gasteiger partial charge in [-0.2, -0.15) is 0 Å². The third kappa shape index (κ3) is 3.92. The molecule has 0 aliphatic heterocycles. The van der Waals surface area contributed by atoms with Crippen LogP contribution in [0.25, 0.3) is 11.3 Å². The molecule has 0 aliphatic rings. The summed E-state index contributed by atoms with van der Waals surface area (Å²) in [5.74, 6) is 1.15. The van der Waals surface area contributed by atoms with Crippen molar-refractivity contribution in [2.75, 3.05) is 14.1 Å². The van der Waals surface area contributed by atoms with Gasteiger partial charge in [0.05, 0.1) is 12.6 Å². The van der Waals surface area contributed by atoms with Crippen molar-refractivity contribution in [1.82, 2.24) is 10.2 Å². The first kappa shape index (κ1) is 15.3. The molecule has 0 fully saturated rings. The van der Waals surface area contributed by atoms with Crippen LogP contribution in [0.1, 0.15) is 12.7 Å². The van der Waals surface area contributed by atoms with Crippen molar-refractivity contribution in [2.24, 2.45) is 0 Å². The molecule has 1 heterocycles. The number of carbonyl (C=O) groups excluding carboxylic acids is 1. The van der Waals surface area contributed by atoms with Gasteiger partial charge in [0.1, 0.15) is 17.3 Å². The molecule has 1 aromatic heterocycles. The summed E-state index contributed by atoms with van der Waals surface area (Å²) < 4.78 is 18.6. The maximum atomic E-state index is 12.9. The van der Waals surface area contributed by atoms with Crippen molar-refractivity contribution in [3.8, 4) is 11.3 Å². The maximum Gasteiger partial charge on any atom is 0.238 e. The molecule has 0 spiro atoms. The molecular weight excluding hydrogens is 271 g/mol. The van der Waals surface area contributed by atoms with E-state index in [1.807, 2.05) is 19.1 Å². The van der Waals surface area contributed by atoms with Crippen molar-refractivity contribution >= 4 is 5.91 Å². The third-order valence-electron chi connectivity index (χ3n) is 3.18. The van der Waals surface area contributed by atoms with Gasteiger partial charge in [-0.05, 0) is 43.3 Å². The number of likely N-dealkylation sites (N-methyl/N-ethyl adjacent to an activating group) is 1. The fourth-order valence-electron chi connectivity index (χ4n) is 1.97. The van der Waals surface area contributed by atoms with Crippen molar-refractivity contribution in [1.29, 1.82) is 0 Å². The second kappa shape index (κ2) is 6.54. The number of carbonyl (C=O) groups is 1. The summed E-state index contributed by atoms with van der Waals surface area (Å²) >= 11 is 0. The number of rotatable bonds is 5. The molecule has 0 saturated heterocycles. The van der Waals surface area contributed by atoms with Crippen molar-refractivity contribution in [3.63, 3.8) is 0 Å². The Balaban J connectivity index is 1.97. The average molecular weight is 290 g/mol. The Morgan fingerprint density at radius 1 is 1.24 bits per heavy atom. The predicted octanol–water partition coefficient (Wildman–Crippen LogP) is 2.65. The molecule has 1 atom stereocenters. The van der Waals surface area contributed by atoms with E-state index in [-0.39, 0.29) is 17.8 Å². The van der Waals surface area contributed by atoms with E-state index in [1.54, 1.807) is 31.1 Å². The highest BCUT2D eigenvalue weighted by molar-refractivity contribution is 5.80. The van der Waals surface area contributed by atoms with Gasteiger partial charge in [0.15, 0.2) is 0 Å². The summed E-state index contributed by atoms with van der Waals surface area (Å²) in [5, 5.41) is 3.11. The van der Waals surface area contributed by atoms with Crippen LogP contribution in [0.4, 0.5) is 4.39 Å². The molecule has 1 N–H and O–H groups in total. The molecule has 1 unspecified atom stereocenters. The fourth-order valence-corrected chi connectivity index (χ4v) is 1.97. The summed E-state index contributed by atoms with van der Waals surface area (Å²) in [6.07, 6.45) is 0. The second-order valence-electron chi connectivity index (χ2n) is 5.11. The number of hydrogen-bond acceptors (Lipinski definition) is 3. The number of furan rings is 1. The normalized spacial score (nSPS) is 12.2.